The van der Waals surface area contributed by atoms with Gasteiger partial charge in [0.15, 0.2) is 0 Å². The second kappa shape index (κ2) is 8.48. The van der Waals surface area contributed by atoms with Gasteiger partial charge in [-0.1, -0.05) is 28.8 Å². The number of carbonyl (C=O) groups excluding carboxylic acids is 1. The summed E-state index contributed by atoms with van der Waals surface area (Å²) in [7, 11) is -3.67. The number of amides is 1. The fraction of sp³-hybridized carbons (Fsp3) is 0.409. The van der Waals surface area contributed by atoms with Gasteiger partial charge in [-0.05, 0) is 80.1 Å². The molecule has 5 nitrogen and oxygen atoms in total. The predicted molar refractivity (Wildman–Crippen MR) is 117 cm³/mol. The molecule has 1 amide bonds. The topological polar surface area (TPSA) is 66.5 Å². The van der Waals surface area contributed by atoms with Crippen LogP contribution >= 0.6 is 15.9 Å². The average molecular weight is 477 g/mol. The molecule has 1 saturated heterocycles. The highest BCUT2D eigenvalue weighted by atomic mass is 79.9. The number of benzene rings is 2. The van der Waals surface area contributed by atoms with Gasteiger partial charge in [0.05, 0.1) is 4.90 Å². The van der Waals surface area contributed by atoms with Crippen molar-refractivity contribution in [1.82, 2.24) is 4.90 Å². The molecule has 29 heavy (non-hydrogen) atoms. The third kappa shape index (κ3) is 4.51. The zero-order valence-corrected chi connectivity index (χ0v) is 18.6. The van der Waals surface area contributed by atoms with E-state index < -0.39 is 10.0 Å². The van der Waals surface area contributed by atoms with Crippen LogP contribution in [-0.2, 0) is 10.0 Å². The first-order valence-electron chi connectivity index (χ1n) is 10.1. The van der Waals surface area contributed by atoms with Crippen molar-refractivity contribution in [3.63, 3.8) is 0 Å². The minimum atomic E-state index is -3.67. The molecule has 0 aromatic heterocycles. The third-order valence-corrected chi connectivity index (χ3v) is 7.94. The molecular weight excluding hydrogens is 452 g/mol. The van der Waals surface area contributed by atoms with E-state index in [-0.39, 0.29) is 10.8 Å². The van der Waals surface area contributed by atoms with Crippen molar-refractivity contribution in [2.75, 3.05) is 11.3 Å². The smallest absolute Gasteiger partial charge is 0.261 e. The number of rotatable bonds is 4. The van der Waals surface area contributed by atoms with Gasteiger partial charge in [-0.15, -0.1) is 0 Å². The summed E-state index contributed by atoms with van der Waals surface area (Å²) in [5.74, 6) is 0.697. The molecule has 4 rings (SSSR count). The summed E-state index contributed by atoms with van der Waals surface area (Å²) in [6, 6.07) is 13.6. The van der Waals surface area contributed by atoms with Gasteiger partial charge >= 0.3 is 0 Å². The zero-order valence-electron chi connectivity index (χ0n) is 16.2. The van der Waals surface area contributed by atoms with E-state index in [1.165, 1.54) is 25.7 Å². The lowest BCUT2D eigenvalue weighted by molar-refractivity contribution is 0.0390. The molecule has 2 aromatic rings. The SMILES string of the molecule is O=C(c1ccc(NS(=O)(=O)c2ccc(Br)cc2)cc1)N1CCCC2CCCCC21. The third-order valence-electron chi connectivity index (χ3n) is 6.01. The highest BCUT2D eigenvalue weighted by Gasteiger charge is 2.35. The van der Waals surface area contributed by atoms with Crippen LogP contribution in [0.5, 0.6) is 0 Å². The van der Waals surface area contributed by atoms with Crippen LogP contribution in [0.3, 0.4) is 0 Å². The van der Waals surface area contributed by atoms with Gasteiger partial charge in [-0.3, -0.25) is 9.52 Å². The van der Waals surface area contributed by atoms with E-state index in [4.69, 9.17) is 0 Å². The molecule has 0 bridgehead atoms. The molecule has 154 valence electrons. The van der Waals surface area contributed by atoms with Gasteiger partial charge < -0.3 is 4.90 Å². The summed E-state index contributed by atoms with van der Waals surface area (Å²) in [6.45, 7) is 0.817. The Morgan fingerprint density at radius 2 is 1.59 bits per heavy atom. The highest BCUT2D eigenvalue weighted by molar-refractivity contribution is 9.10. The predicted octanol–water partition coefficient (Wildman–Crippen LogP) is 5.04. The fourth-order valence-electron chi connectivity index (χ4n) is 4.55. The van der Waals surface area contributed by atoms with E-state index in [1.807, 2.05) is 4.90 Å². The highest BCUT2D eigenvalue weighted by Crippen LogP contribution is 2.36. The minimum absolute atomic E-state index is 0.0592. The van der Waals surface area contributed by atoms with E-state index in [2.05, 4.69) is 20.7 Å². The van der Waals surface area contributed by atoms with E-state index in [9.17, 15) is 13.2 Å². The Balaban J connectivity index is 1.47. The summed E-state index contributed by atoms with van der Waals surface area (Å²) in [5, 5.41) is 0. The maximum atomic E-state index is 13.1. The number of halogens is 1. The van der Waals surface area contributed by atoms with E-state index in [0.29, 0.717) is 23.2 Å². The molecule has 1 aliphatic heterocycles. The summed E-state index contributed by atoms with van der Waals surface area (Å²) >= 11 is 3.30. The Morgan fingerprint density at radius 1 is 0.931 bits per heavy atom. The van der Waals surface area contributed by atoms with Crippen LogP contribution in [0.15, 0.2) is 57.9 Å². The molecule has 1 N–H and O–H groups in total. The first-order chi connectivity index (χ1) is 13.9. The van der Waals surface area contributed by atoms with E-state index in [1.54, 1.807) is 48.5 Å². The summed E-state index contributed by atoms with van der Waals surface area (Å²) in [6.07, 6.45) is 7.09. The molecule has 2 atom stereocenters. The van der Waals surface area contributed by atoms with Crippen LogP contribution < -0.4 is 4.72 Å². The van der Waals surface area contributed by atoms with Gasteiger partial charge in [-0.2, -0.15) is 0 Å². The summed E-state index contributed by atoms with van der Waals surface area (Å²) < 4.78 is 28.5. The Labute approximate surface area is 180 Å². The number of fused-ring (bicyclic) bond motifs is 1. The van der Waals surface area contributed by atoms with Crippen LogP contribution in [0.1, 0.15) is 48.9 Å². The van der Waals surface area contributed by atoms with Crippen molar-refractivity contribution in [3.05, 3.63) is 58.6 Å². The quantitative estimate of drug-likeness (QED) is 0.671. The molecule has 2 fully saturated rings. The number of nitrogens with zero attached hydrogens (tertiary/aromatic N) is 1. The van der Waals surface area contributed by atoms with Crippen molar-refractivity contribution >= 4 is 37.5 Å². The number of anilines is 1. The van der Waals surface area contributed by atoms with Gasteiger partial charge in [-0.25, -0.2) is 8.42 Å². The normalized spacial score (nSPS) is 22.0. The molecule has 0 spiro atoms. The Kier molecular flexibility index (Phi) is 5.97. The Hall–Kier alpha value is -1.86. The number of nitrogens with one attached hydrogen (secondary N) is 1. The number of carbonyl (C=O) groups is 1. The van der Waals surface area contributed by atoms with Crippen molar-refractivity contribution in [3.8, 4) is 0 Å². The van der Waals surface area contributed by atoms with E-state index in [0.717, 1.165) is 23.9 Å². The standard InChI is InChI=1S/C22H25BrN2O3S/c23-18-9-13-20(14-10-18)29(27,28)24-19-11-7-17(8-12-19)22(26)25-15-3-5-16-4-1-2-6-21(16)25/h7-14,16,21,24H,1-6,15H2. The van der Waals surface area contributed by atoms with Crippen LogP contribution in [0.4, 0.5) is 5.69 Å². The van der Waals surface area contributed by atoms with Gasteiger partial charge in [0, 0.05) is 28.3 Å². The zero-order chi connectivity index (χ0) is 20.4. The first kappa shape index (κ1) is 20.4. The lowest BCUT2D eigenvalue weighted by atomic mass is 9.78. The Morgan fingerprint density at radius 3 is 2.31 bits per heavy atom. The number of likely N-dealkylation sites (tertiary alicyclic amines) is 1. The summed E-state index contributed by atoms with van der Waals surface area (Å²) in [4.78, 5) is 15.3. The van der Waals surface area contributed by atoms with Crippen LogP contribution in [0, 0.1) is 5.92 Å². The number of hydrogen-bond acceptors (Lipinski definition) is 3. The van der Waals surface area contributed by atoms with Crippen molar-refractivity contribution < 1.29 is 13.2 Å². The fourth-order valence-corrected chi connectivity index (χ4v) is 5.87. The van der Waals surface area contributed by atoms with E-state index >= 15 is 0 Å². The Bertz CT molecular complexity index is 972. The van der Waals surface area contributed by atoms with Crippen LogP contribution in [-0.4, -0.2) is 31.8 Å². The maximum absolute atomic E-state index is 13.1. The molecule has 2 aromatic carbocycles. The second-order valence-electron chi connectivity index (χ2n) is 7.89. The number of hydrogen-bond donors (Lipinski definition) is 1. The van der Waals surface area contributed by atoms with Gasteiger partial charge in [0.25, 0.3) is 15.9 Å². The number of piperidine rings is 1. The van der Waals surface area contributed by atoms with Crippen molar-refractivity contribution in [2.45, 2.75) is 49.5 Å². The van der Waals surface area contributed by atoms with Crippen molar-refractivity contribution in [2.24, 2.45) is 5.92 Å². The molecule has 0 radical (unpaired) electrons. The lowest BCUT2D eigenvalue weighted by Crippen LogP contribution is -2.49. The van der Waals surface area contributed by atoms with Crippen LogP contribution in [0.2, 0.25) is 0 Å². The molecule has 2 aliphatic rings. The molecule has 7 heteroatoms. The van der Waals surface area contributed by atoms with Gasteiger partial charge in [0.1, 0.15) is 0 Å². The first-order valence-corrected chi connectivity index (χ1v) is 12.4. The molecule has 2 unspecified atom stereocenters. The molecule has 1 heterocycles. The monoisotopic (exact) mass is 476 g/mol. The molecular formula is C22H25BrN2O3S. The molecule has 1 saturated carbocycles. The minimum Gasteiger partial charge on any atom is -0.335 e. The lowest BCUT2D eigenvalue weighted by Gasteiger charge is -2.44. The summed E-state index contributed by atoms with van der Waals surface area (Å²) in [5.41, 5.74) is 1.06. The van der Waals surface area contributed by atoms with Gasteiger partial charge in [0.2, 0.25) is 0 Å². The molecule has 1 aliphatic carbocycles. The number of sulfonamides is 1. The maximum Gasteiger partial charge on any atom is 0.261 e. The van der Waals surface area contributed by atoms with Crippen LogP contribution in [0.25, 0.3) is 0 Å². The largest absolute Gasteiger partial charge is 0.335 e. The second-order valence-corrected chi connectivity index (χ2v) is 10.5. The van der Waals surface area contributed by atoms with Crippen molar-refractivity contribution in [1.29, 1.82) is 0 Å². The average Bonchev–Trinajstić information content (AvgIpc) is 2.73.